The Hall–Kier alpha value is -3.82. The second-order valence-electron chi connectivity index (χ2n) is 6.65. The van der Waals surface area contributed by atoms with Gasteiger partial charge in [-0.05, 0) is 43.2 Å². The molecule has 1 aromatic carbocycles. The van der Waals surface area contributed by atoms with Gasteiger partial charge in [0.05, 0.1) is 11.9 Å². The molecule has 0 aliphatic carbocycles. The SMILES string of the molecule is C=CC(=O)N1CCC[C@@H](Nc2nncc(Nc3ccc(-n4cncn4)cc3)n2)C1. The van der Waals surface area contributed by atoms with Crippen molar-refractivity contribution in [1.29, 1.82) is 0 Å². The average Bonchev–Trinajstić information content (AvgIpc) is 3.29. The van der Waals surface area contributed by atoms with Crippen LogP contribution in [-0.2, 0) is 4.79 Å². The zero-order valence-electron chi connectivity index (χ0n) is 15.8. The molecular formula is C19H21N9O. The van der Waals surface area contributed by atoms with Crippen LogP contribution in [-0.4, -0.2) is 59.9 Å². The number of rotatable bonds is 6. The van der Waals surface area contributed by atoms with Crippen LogP contribution in [0.4, 0.5) is 17.5 Å². The van der Waals surface area contributed by atoms with Crippen LogP contribution in [0.2, 0.25) is 0 Å². The molecule has 10 heteroatoms. The zero-order chi connectivity index (χ0) is 20.1. The number of benzene rings is 1. The minimum absolute atomic E-state index is 0.0553. The molecule has 0 saturated carbocycles. The molecule has 148 valence electrons. The fourth-order valence-corrected chi connectivity index (χ4v) is 3.22. The van der Waals surface area contributed by atoms with Crippen molar-refractivity contribution in [3.63, 3.8) is 0 Å². The van der Waals surface area contributed by atoms with Gasteiger partial charge in [0.15, 0.2) is 5.82 Å². The number of aromatic nitrogens is 6. The van der Waals surface area contributed by atoms with Crippen molar-refractivity contribution in [2.75, 3.05) is 23.7 Å². The Morgan fingerprint density at radius 2 is 2.14 bits per heavy atom. The highest BCUT2D eigenvalue weighted by atomic mass is 16.2. The van der Waals surface area contributed by atoms with Crippen LogP contribution in [0.5, 0.6) is 0 Å². The predicted octanol–water partition coefficient (Wildman–Crippen LogP) is 1.78. The fraction of sp³-hybridized carbons (Fsp3) is 0.263. The van der Waals surface area contributed by atoms with Crippen LogP contribution in [0.1, 0.15) is 12.8 Å². The molecule has 3 heterocycles. The summed E-state index contributed by atoms with van der Waals surface area (Å²) in [5.74, 6) is 0.943. The first-order valence-electron chi connectivity index (χ1n) is 9.31. The lowest BCUT2D eigenvalue weighted by Gasteiger charge is -2.32. The van der Waals surface area contributed by atoms with Gasteiger partial charge >= 0.3 is 0 Å². The summed E-state index contributed by atoms with van der Waals surface area (Å²) in [4.78, 5) is 22.0. The largest absolute Gasteiger partial charge is 0.348 e. The lowest BCUT2D eigenvalue weighted by Crippen LogP contribution is -2.44. The van der Waals surface area contributed by atoms with Crippen LogP contribution in [0.15, 0.2) is 55.8 Å². The topological polar surface area (TPSA) is 114 Å². The van der Waals surface area contributed by atoms with E-state index in [2.05, 4.69) is 42.5 Å². The summed E-state index contributed by atoms with van der Waals surface area (Å²) in [6.45, 7) is 4.89. The smallest absolute Gasteiger partial charge is 0.246 e. The van der Waals surface area contributed by atoms with E-state index in [0.29, 0.717) is 18.3 Å². The van der Waals surface area contributed by atoms with Crippen molar-refractivity contribution in [1.82, 2.24) is 34.8 Å². The second-order valence-corrected chi connectivity index (χ2v) is 6.65. The van der Waals surface area contributed by atoms with Gasteiger partial charge in [-0.25, -0.2) is 9.67 Å². The summed E-state index contributed by atoms with van der Waals surface area (Å²) >= 11 is 0. The number of carbonyl (C=O) groups excluding carboxylic acids is 1. The van der Waals surface area contributed by atoms with Gasteiger partial charge in [0.2, 0.25) is 11.9 Å². The Morgan fingerprint density at radius 3 is 2.90 bits per heavy atom. The maximum Gasteiger partial charge on any atom is 0.246 e. The molecular weight excluding hydrogens is 370 g/mol. The van der Waals surface area contributed by atoms with E-state index in [1.807, 2.05) is 24.3 Å². The van der Waals surface area contributed by atoms with E-state index >= 15 is 0 Å². The van der Waals surface area contributed by atoms with Gasteiger partial charge in [0.1, 0.15) is 12.7 Å². The molecule has 1 atom stereocenters. The van der Waals surface area contributed by atoms with Crippen LogP contribution in [0.3, 0.4) is 0 Å². The lowest BCUT2D eigenvalue weighted by molar-refractivity contribution is -0.127. The van der Waals surface area contributed by atoms with E-state index in [0.717, 1.165) is 30.8 Å². The molecule has 0 spiro atoms. The number of amides is 1. The Balaban J connectivity index is 1.40. The minimum atomic E-state index is -0.0553. The Labute approximate surface area is 167 Å². The first-order chi connectivity index (χ1) is 14.2. The van der Waals surface area contributed by atoms with E-state index in [1.165, 1.54) is 12.4 Å². The van der Waals surface area contributed by atoms with Crippen LogP contribution in [0, 0.1) is 0 Å². The van der Waals surface area contributed by atoms with E-state index in [1.54, 1.807) is 22.1 Å². The minimum Gasteiger partial charge on any atom is -0.348 e. The third kappa shape index (κ3) is 4.54. The number of hydrogen-bond acceptors (Lipinski definition) is 8. The maximum absolute atomic E-state index is 11.8. The number of nitrogens with one attached hydrogen (secondary N) is 2. The quantitative estimate of drug-likeness (QED) is 0.611. The zero-order valence-corrected chi connectivity index (χ0v) is 15.8. The van der Waals surface area contributed by atoms with Crippen LogP contribution < -0.4 is 10.6 Å². The van der Waals surface area contributed by atoms with E-state index in [-0.39, 0.29) is 11.9 Å². The van der Waals surface area contributed by atoms with Gasteiger partial charge in [-0.3, -0.25) is 4.79 Å². The standard InChI is InChI=1S/C19H21N9O/c1-2-18(29)27-9-3-4-15(11-27)24-19-25-17(10-21-26-19)23-14-5-7-16(8-6-14)28-13-20-12-22-28/h2,5-8,10,12-13,15H,1,3-4,9,11H2,(H2,23,24,25,26)/t15-/m1/s1. The molecule has 3 aromatic rings. The third-order valence-corrected chi connectivity index (χ3v) is 4.62. The molecule has 1 fully saturated rings. The van der Waals surface area contributed by atoms with E-state index in [9.17, 15) is 4.79 Å². The van der Waals surface area contributed by atoms with Crippen molar-refractivity contribution >= 4 is 23.4 Å². The first-order valence-corrected chi connectivity index (χ1v) is 9.31. The molecule has 1 saturated heterocycles. The number of carbonyl (C=O) groups is 1. The van der Waals surface area contributed by atoms with Gasteiger partial charge in [-0.15, -0.1) is 5.10 Å². The van der Waals surface area contributed by atoms with Crippen molar-refractivity contribution in [2.45, 2.75) is 18.9 Å². The van der Waals surface area contributed by atoms with Crippen molar-refractivity contribution in [2.24, 2.45) is 0 Å². The van der Waals surface area contributed by atoms with Crippen LogP contribution in [0.25, 0.3) is 5.69 Å². The van der Waals surface area contributed by atoms with Gasteiger partial charge in [0, 0.05) is 24.8 Å². The maximum atomic E-state index is 11.8. The summed E-state index contributed by atoms with van der Waals surface area (Å²) < 4.78 is 1.68. The second kappa shape index (κ2) is 8.46. The molecule has 4 rings (SSSR count). The molecule has 1 aliphatic rings. The third-order valence-electron chi connectivity index (χ3n) is 4.62. The van der Waals surface area contributed by atoms with Crippen molar-refractivity contribution < 1.29 is 4.79 Å². The summed E-state index contributed by atoms with van der Waals surface area (Å²) in [6.07, 6.45) is 7.90. The van der Waals surface area contributed by atoms with Gasteiger partial charge in [0.25, 0.3) is 0 Å². The summed E-state index contributed by atoms with van der Waals surface area (Å²) in [5, 5.41) is 18.7. The molecule has 29 heavy (non-hydrogen) atoms. The predicted molar refractivity (Wildman–Crippen MR) is 108 cm³/mol. The lowest BCUT2D eigenvalue weighted by atomic mass is 10.1. The number of piperidine rings is 1. The van der Waals surface area contributed by atoms with Crippen molar-refractivity contribution in [3.05, 3.63) is 55.8 Å². The Kier molecular flexibility index (Phi) is 5.41. The molecule has 1 aliphatic heterocycles. The Bertz CT molecular complexity index is 972. The van der Waals surface area contributed by atoms with E-state index < -0.39 is 0 Å². The van der Waals surface area contributed by atoms with Gasteiger partial charge in [-0.2, -0.15) is 15.2 Å². The molecule has 0 radical (unpaired) electrons. The van der Waals surface area contributed by atoms with Crippen molar-refractivity contribution in [3.8, 4) is 5.69 Å². The highest BCUT2D eigenvalue weighted by molar-refractivity contribution is 5.87. The summed E-state index contributed by atoms with van der Waals surface area (Å²) in [7, 11) is 0. The molecule has 1 amide bonds. The summed E-state index contributed by atoms with van der Waals surface area (Å²) in [5.41, 5.74) is 1.77. The normalized spacial score (nSPS) is 16.3. The van der Waals surface area contributed by atoms with Gasteiger partial charge < -0.3 is 15.5 Å². The van der Waals surface area contributed by atoms with E-state index in [4.69, 9.17) is 0 Å². The fourth-order valence-electron chi connectivity index (χ4n) is 3.22. The Morgan fingerprint density at radius 1 is 1.28 bits per heavy atom. The number of hydrogen-bond donors (Lipinski definition) is 2. The molecule has 0 unspecified atom stereocenters. The molecule has 2 aromatic heterocycles. The monoisotopic (exact) mass is 391 g/mol. The van der Waals surface area contributed by atoms with Crippen LogP contribution >= 0.6 is 0 Å². The highest BCUT2D eigenvalue weighted by Gasteiger charge is 2.22. The first kappa shape index (κ1) is 18.5. The average molecular weight is 391 g/mol. The number of nitrogens with zero attached hydrogens (tertiary/aromatic N) is 7. The number of anilines is 3. The number of likely N-dealkylation sites (tertiary alicyclic amines) is 1. The van der Waals surface area contributed by atoms with Gasteiger partial charge in [-0.1, -0.05) is 6.58 Å². The molecule has 10 nitrogen and oxygen atoms in total. The summed E-state index contributed by atoms with van der Waals surface area (Å²) in [6, 6.07) is 7.78. The molecule has 0 bridgehead atoms. The molecule has 2 N–H and O–H groups in total. The highest BCUT2D eigenvalue weighted by Crippen LogP contribution is 2.18.